The lowest BCUT2D eigenvalue weighted by atomic mass is 9.95. The smallest absolute Gasteiger partial charge is 0.348 e. The van der Waals surface area contributed by atoms with E-state index in [-0.39, 0.29) is 12.5 Å². The number of halogens is 2. The number of ether oxygens (including phenoxy) is 1. The monoisotopic (exact) mass is 533 g/mol. The van der Waals surface area contributed by atoms with Crippen molar-refractivity contribution >= 4 is 23.2 Å². The minimum Gasteiger partial charge on any atom is -0.465 e. The second-order valence-electron chi connectivity index (χ2n) is 9.77. The minimum absolute atomic E-state index is 0.00174. The van der Waals surface area contributed by atoms with Gasteiger partial charge in [-0.25, -0.2) is 4.79 Å². The van der Waals surface area contributed by atoms with Crippen molar-refractivity contribution < 1.29 is 28.2 Å². The lowest BCUT2D eigenvalue weighted by molar-refractivity contribution is -0.148. The van der Waals surface area contributed by atoms with Gasteiger partial charge in [0.1, 0.15) is 4.88 Å². The summed E-state index contributed by atoms with van der Waals surface area (Å²) in [7, 11) is 1.32. The van der Waals surface area contributed by atoms with E-state index in [9.17, 15) is 23.5 Å². The molecule has 0 radical (unpaired) electrons. The van der Waals surface area contributed by atoms with Crippen molar-refractivity contribution in [3.8, 4) is 0 Å². The zero-order chi connectivity index (χ0) is 26.8. The molecule has 202 valence electrons. The summed E-state index contributed by atoms with van der Waals surface area (Å²) in [6, 6.07) is 13.1. The fraction of sp³-hybridized carbons (Fsp3) is 0.517. The van der Waals surface area contributed by atoms with Crippen LogP contribution in [-0.4, -0.2) is 53.6 Å². The Labute approximate surface area is 222 Å². The van der Waals surface area contributed by atoms with Gasteiger partial charge < -0.3 is 14.7 Å². The van der Waals surface area contributed by atoms with Crippen LogP contribution in [0.4, 0.5) is 8.78 Å². The van der Waals surface area contributed by atoms with Gasteiger partial charge in [-0.1, -0.05) is 62.2 Å². The molecular formula is C29H37F2NO4S. The molecule has 1 N–H and O–H groups in total. The van der Waals surface area contributed by atoms with Crippen LogP contribution in [0.25, 0.3) is 0 Å². The number of hydrogen-bond donors (Lipinski definition) is 1. The molecule has 1 fully saturated rings. The minimum atomic E-state index is -3.40. The summed E-state index contributed by atoms with van der Waals surface area (Å²) in [5.41, 5.74) is 1.33. The molecule has 3 rings (SSSR count). The Hall–Kier alpha value is -2.58. The number of rotatable bonds is 14. The number of likely N-dealkylation sites (tertiary alicyclic amines) is 1. The number of alkyl halides is 2. The number of nitrogens with zero attached hydrogens (tertiary/aromatic N) is 1. The van der Waals surface area contributed by atoms with Crippen molar-refractivity contribution in [1.29, 1.82) is 0 Å². The zero-order valence-corrected chi connectivity index (χ0v) is 22.4. The second kappa shape index (κ2) is 13.8. The van der Waals surface area contributed by atoms with Gasteiger partial charge in [-0.3, -0.25) is 4.79 Å². The third-order valence-electron chi connectivity index (χ3n) is 6.89. The van der Waals surface area contributed by atoms with Gasteiger partial charge in [0.25, 0.3) is 5.91 Å². The SMILES string of the molecule is COC(=O)c1ccc(CCCN2C(=O)C(F)(F)C[C@@H]2/C=C/[C@H](O)[C@@H](C)CCCCCc2ccccc2)s1. The summed E-state index contributed by atoms with van der Waals surface area (Å²) < 4.78 is 33.2. The van der Waals surface area contributed by atoms with Gasteiger partial charge in [0.15, 0.2) is 0 Å². The summed E-state index contributed by atoms with van der Waals surface area (Å²) in [6.45, 7) is 2.14. The van der Waals surface area contributed by atoms with E-state index in [2.05, 4.69) is 12.1 Å². The molecule has 0 bridgehead atoms. The predicted molar refractivity (Wildman–Crippen MR) is 142 cm³/mol. The van der Waals surface area contributed by atoms with Crippen LogP contribution in [0.3, 0.4) is 0 Å². The third-order valence-corrected chi connectivity index (χ3v) is 8.02. The fourth-order valence-corrected chi connectivity index (χ4v) is 5.59. The molecule has 1 aliphatic heterocycles. The van der Waals surface area contributed by atoms with E-state index in [1.165, 1.54) is 28.9 Å². The van der Waals surface area contributed by atoms with Crippen LogP contribution in [0.1, 0.15) is 65.6 Å². The van der Waals surface area contributed by atoms with Crippen molar-refractivity contribution in [2.75, 3.05) is 13.7 Å². The van der Waals surface area contributed by atoms with Gasteiger partial charge in [0, 0.05) is 17.8 Å². The Kier molecular flexibility index (Phi) is 10.8. The van der Waals surface area contributed by atoms with Crippen molar-refractivity contribution in [3.05, 3.63) is 69.9 Å². The predicted octanol–water partition coefficient (Wildman–Crippen LogP) is 6.06. The Morgan fingerprint density at radius 2 is 1.92 bits per heavy atom. The number of methoxy groups -OCH3 is 1. The Balaban J connectivity index is 1.45. The average molecular weight is 534 g/mol. The number of thiophene rings is 1. The lowest BCUT2D eigenvalue weighted by Crippen LogP contribution is -2.36. The first-order chi connectivity index (χ1) is 17.7. The average Bonchev–Trinajstić information content (AvgIpc) is 3.45. The van der Waals surface area contributed by atoms with E-state index in [0.29, 0.717) is 17.7 Å². The van der Waals surface area contributed by atoms with E-state index in [1.54, 1.807) is 18.2 Å². The van der Waals surface area contributed by atoms with Gasteiger partial charge in [-0.05, 0) is 55.7 Å². The molecule has 0 saturated carbocycles. The molecular weight excluding hydrogens is 496 g/mol. The number of aliphatic hydroxyl groups is 1. The standard InChI is InChI=1S/C29H37F2NO4S/c1-21(10-5-3-6-11-22-12-7-4-8-13-22)25(33)17-15-23-20-29(30,31)28(35)32(23)19-9-14-24-16-18-26(37-24)27(34)36-2/h4,7-8,12-13,15-18,21,23,25,33H,3,5-6,9-11,14,19-20H2,1-2H3/b17-15+/t21-,23-,25-/m0/s1. The molecule has 1 aromatic carbocycles. The summed E-state index contributed by atoms with van der Waals surface area (Å²) in [4.78, 5) is 26.6. The van der Waals surface area contributed by atoms with Crippen molar-refractivity contribution in [2.45, 2.75) is 76.4 Å². The maximum atomic E-state index is 14.2. The second-order valence-corrected chi connectivity index (χ2v) is 10.9. The number of benzene rings is 1. The van der Waals surface area contributed by atoms with E-state index in [0.717, 1.165) is 37.0 Å². The summed E-state index contributed by atoms with van der Waals surface area (Å²) in [5.74, 6) is -4.96. The molecule has 1 saturated heterocycles. The van der Waals surface area contributed by atoms with Crippen LogP contribution >= 0.6 is 11.3 Å². The number of esters is 1. The number of aliphatic hydroxyl groups excluding tert-OH is 1. The van der Waals surface area contributed by atoms with Crippen LogP contribution in [0.5, 0.6) is 0 Å². The fourth-order valence-electron chi connectivity index (χ4n) is 4.63. The molecule has 2 heterocycles. The van der Waals surface area contributed by atoms with Gasteiger partial charge in [-0.2, -0.15) is 8.78 Å². The highest BCUT2D eigenvalue weighted by Crippen LogP contribution is 2.34. The van der Waals surface area contributed by atoms with E-state index < -0.39 is 36.4 Å². The number of unbranched alkanes of at least 4 members (excludes halogenated alkanes) is 2. The molecule has 2 aromatic rings. The van der Waals surface area contributed by atoms with E-state index >= 15 is 0 Å². The maximum Gasteiger partial charge on any atom is 0.348 e. The topological polar surface area (TPSA) is 66.8 Å². The first-order valence-electron chi connectivity index (χ1n) is 13.0. The van der Waals surface area contributed by atoms with Crippen LogP contribution < -0.4 is 0 Å². The van der Waals surface area contributed by atoms with Crippen molar-refractivity contribution in [1.82, 2.24) is 4.90 Å². The molecule has 5 nitrogen and oxygen atoms in total. The maximum absolute atomic E-state index is 14.2. The van der Waals surface area contributed by atoms with Crippen LogP contribution in [0, 0.1) is 5.92 Å². The molecule has 0 spiro atoms. The molecule has 1 aromatic heterocycles. The first kappa shape index (κ1) is 29.0. The van der Waals surface area contributed by atoms with Crippen LogP contribution in [0.2, 0.25) is 0 Å². The third kappa shape index (κ3) is 8.47. The number of carbonyl (C=O) groups is 2. The molecule has 0 unspecified atom stereocenters. The number of carbonyl (C=O) groups excluding carboxylic acids is 2. The number of hydrogen-bond acceptors (Lipinski definition) is 5. The van der Waals surface area contributed by atoms with E-state index in [1.807, 2.05) is 31.2 Å². The van der Waals surface area contributed by atoms with Gasteiger partial charge in [0.2, 0.25) is 0 Å². The highest BCUT2D eigenvalue weighted by atomic mass is 32.1. The normalized spacial score (nSPS) is 18.9. The number of aryl methyl sites for hydroxylation is 2. The molecule has 1 amide bonds. The molecule has 37 heavy (non-hydrogen) atoms. The Morgan fingerprint density at radius 1 is 1.16 bits per heavy atom. The van der Waals surface area contributed by atoms with Crippen LogP contribution in [-0.2, 0) is 22.4 Å². The van der Waals surface area contributed by atoms with Crippen molar-refractivity contribution in [2.24, 2.45) is 5.92 Å². The molecule has 8 heteroatoms. The van der Waals surface area contributed by atoms with Crippen molar-refractivity contribution in [3.63, 3.8) is 0 Å². The van der Waals surface area contributed by atoms with Gasteiger partial charge in [0.05, 0.1) is 19.3 Å². The largest absolute Gasteiger partial charge is 0.465 e. The Bertz CT molecular complexity index is 1040. The summed E-state index contributed by atoms with van der Waals surface area (Å²) in [5, 5.41) is 10.6. The quantitative estimate of drug-likeness (QED) is 0.182. The van der Waals surface area contributed by atoms with Gasteiger partial charge >= 0.3 is 11.9 Å². The van der Waals surface area contributed by atoms with Gasteiger partial charge in [-0.15, -0.1) is 11.3 Å². The zero-order valence-electron chi connectivity index (χ0n) is 21.6. The van der Waals surface area contributed by atoms with E-state index in [4.69, 9.17) is 4.74 Å². The molecule has 1 aliphatic rings. The lowest BCUT2D eigenvalue weighted by Gasteiger charge is -2.22. The summed E-state index contributed by atoms with van der Waals surface area (Å²) >= 11 is 1.30. The highest BCUT2D eigenvalue weighted by Gasteiger charge is 2.52. The number of amides is 1. The molecule has 0 aliphatic carbocycles. The molecule has 3 atom stereocenters. The Morgan fingerprint density at radius 3 is 2.65 bits per heavy atom. The summed E-state index contributed by atoms with van der Waals surface area (Å²) in [6.07, 6.45) is 7.91. The highest BCUT2D eigenvalue weighted by molar-refractivity contribution is 7.13. The van der Waals surface area contributed by atoms with Crippen LogP contribution in [0.15, 0.2) is 54.6 Å². The first-order valence-corrected chi connectivity index (χ1v) is 13.8.